The minimum absolute atomic E-state index is 0.264. The maximum atomic E-state index is 9.78. The van der Waals surface area contributed by atoms with Crippen molar-refractivity contribution in [3.05, 3.63) is 29.8 Å². The Bertz CT molecular complexity index is 262. The van der Waals surface area contributed by atoms with E-state index in [9.17, 15) is 5.11 Å². The number of rotatable bonds is 3. The lowest BCUT2D eigenvalue weighted by Crippen LogP contribution is -2.25. The second kappa shape index (κ2) is 3.79. The van der Waals surface area contributed by atoms with Crippen LogP contribution in [0.5, 0.6) is 5.75 Å². The molecule has 0 aromatic heterocycles. The zero-order chi connectivity index (χ0) is 9.90. The fourth-order valence-electron chi connectivity index (χ4n) is 1.18. The highest BCUT2D eigenvalue weighted by atomic mass is 16.3. The highest BCUT2D eigenvalue weighted by Gasteiger charge is 2.17. The minimum atomic E-state index is -0.642. The van der Waals surface area contributed by atoms with E-state index in [4.69, 9.17) is 5.11 Å². The summed E-state index contributed by atoms with van der Waals surface area (Å²) in [5, 5.41) is 18.8. The van der Waals surface area contributed by atoms with Crippen LogP contribution < -0.4 is 0 Å². The van der Waals surface area contributed by atoms with E-state index in [1.807, 2.05) is 26.0 Å². The van der Waals surface area contributed by atoms with Gasteiger partial charge >= 0.3 is 0 Å². The molecule has 1 unspecified atom stereocenters. The first kappa shape index (κ1) is 10.1. The molecule has 1 atom stereocenters. The third-order valence-corrected chi connectivity index (χ3v) is 2.28. The summed E-state index contributed by atoms with van der Waals surface area (Å²) in [5.41, 5.74) is 0.404. The van der Waals surface area contributed by atoms with Gasteiger partial charge in [0, 0.05) is 6.42 Å². The Morgan fingerprint density at radius 1 is 1.23 bits per heavy atom. The van der Waals surface area contributed by atoms with Gasteiger partial charge in [0.15, 0.2) is 0 Å². The summed E-state index contributed by atoms with van der Waals surface area (Å²) in [6.07, 6.45) is 1.36. The topological polar surface area (TPSA) is 40.5 Å². The number of hydrogen-bond donors (Lipinski definition) is 2. The SMILES string of the molecule is CCC(C)(O)Cc1ccc(O)cc1. The van der Waals surface area contributed by atoms with Crippen molar-refractivity contribution < 1.29 is 10.2 Å². The third-order valence-electron chi connectivity index (χ3n) is 2.28. The molecule has 2 nitrogen and oxygen atoms in total. The van der Waals surface area contributed by atoms with Crippen LogP contribution in [0.3, 0.4) is 0 Å². The van der Waals surface area contributed by atoms with Crippen LogP contribution in [0.2, 0.25) is 0 Å². The number of aromatic hydroxyl groups is 1. The van der Waals surface area contributed by atoms with Gasteiger partial charge in [0.25, 0.3) is 0 Å². The van der Waals surface area contributed by atoms with Gasteiger partial charge in [-0.25, -0.2) is 0 Å². The predicted molar refractivity (Wildman–Crippen MR) is 52.7 cm³/mol. The molecule has 0 aliphatic carbocycles. The van der Waals surface area contributed by atoms with Crippen LogP contribution in [-0.4, -0.2) is 15.8 Å². The lowest BCUT2D eigenvalue weighted by atomic mass is 9.94. The van der Waals surface area contributed by atoms with Crippen LogP contribution in [0.15, 0.2) is 24.3 Å². The zero-order valence-electron chi connectivity index (χ0n) is 8.12. The fourth-order valence-corrected chi connectivity index (χ4v) is 1.18. The Morgan fingerprint density at radius 2 is 1.77 bits per heavy atom. The molecule has 0 saturated heterocycles. The van der Waals surface area contributed by atoms with Crippen LogP contribution >= 0.6 is 0 Å². The molecule has 0 spiro atoms. The number of benzene rings is 1. The third kappa shape index (κ3) is 3.07. The fraction of sp³-hybridized carbons (Fsp3) is 0.455. The van der Waals surface area contributed by atoms with Gasteiger partial charge in [-0.2, -0.15) is 0 Å². The van der Waals surface area contributed by atoms with Crippen molar-refractivity contribution in [1.82, 2.24) is 0 Å². The zero-order valence-corrected chi connectivity index (χ0v) is 8.12. The summed E-state index contributed by atoms with van der Waals surface area (Å²) >= 11 is 0. The lowest BCUT2D eigenvalue weighted by molar-refractivity contribution is 0.0564. The Hall–Kier alpha value is -1.02. The van der Waals surface area contributed by atoms with Gasteiger partial charge < -0.3 is 10.2 Å². The summed E-state index contributed by atoms with van der Waals surface area (Å²) in [6, 6.07) is 6.95. The van der Waals surface area contributed by atoms with Crippen LogP contribution in [-0.2, 0) is 6.42 Å². The molecule has 0 saturated carbocycles. The molecular formula is C11H16O2. The Balaban J connectivity index is 2.69. The molecule has 0 heterocycles. The maximum absolute atomic E-state index is 9.78. The molecule has 1 aromatic carbocycles. The number of phenolic OH excluding ortho intramolecular Hbond substituents is 1. The molecule has 2 heteroatoms. The van der Waals surface area contributed by atoms with Gasteiger partial charge in [0.1, 0.15) is 5.75 Å². The van der Waals surface area contributed by atoms with E-state index in [0.717, 1.165) is 12.0 Å². The maximum Gasteiger partial charge on any atom is 0.115 e. The first-order chi connectivity index (χ1) is 6.03. The molecule has 0 aliphatic heterocycles. The van der Waals surface area contributed by atoms with E-state index in [2.05, 4.69) is 0 Å². The first-order valence-electron chi connectivity index (χ1n) is 4.54. The molecule has 0 aliphatic rings. The van der Waals surface area contributed by atoms with Gasteiger partial charge in [-0.1, -0.05) is 19.1 Å². The number of aliphatic hydroxyl groups is 1. The summed E-state index contributed by atoms with van der Waals surface area (Å²) in [7, 11) is 0. The van der Waals surface area contributed by atoms with Gasteiger partial charge in [0.05, 0.1) is 5.60 Å². The first-order valence-corrected chi connectivity index (χ1v) is 4.54. The van der Waals surface area contributed by atoms with E-state index < -0.39 is 5.60 Å². The molecule has 1 rings (SSSR count). The molecule has 2 N–H and O–H groups in total. The van der Waals surface area contributed by atoms with E-state index in [0.29, 0.717) is 6.42 Å². The second-order valence-corrected chi connectivity index (χ2v) is 3.69. The smallest absolute Gasteiger partial charge is 0.115 e. The van der Waals surface area contributed by atoms with Crippen LogP contribution in [0.25, 0.3) is 0 Å². The van der Waals surface area contributed by atoms with Gasteiger partial charge in [0.2, 0.25) is 0 Å². The summed E-state index contributed by atoms with van der Waals surface area (Å²) in [4.78, 5) is 0. The molecule has 0 amide bonds. The van der Waals surface area contributed by atoms with E-state index in [-0.39, 0.29) is 5.75 Å². The minimum Gasteiger partial charge on any atom is -0.508 e. The normalized spacial score (nSPS) is 15.3. The van der Waals surface area contributed by atoms with Gasteiger partial charge in [-0.15, -0.1) is 0 Å². The highest BCUT2D eigenvalue weighted by Crippen LogP contribution is 2.18. The van der Waals surface area contributed by atoms with Gasteiger partial charge in [-0.3, -0.25) is 0 Å². The molecule has 0 radical (unpaired) electrons. The summed E-state index contributed by atoms with van der Waals surface area (Å²) in [6.45, 7) is 3.78. The molecule has 1 aromatic rings. The molecule has 13 heavy (non-hydrogen) atoms. The van der Waals surface area contributed by atoms with Crippen molar-refractivity contribution in [2.75, 3.05) is 0 Å². The van der Waals surface area contributed by atoms with Crippen molar-refractivity contribution in [1.29, 1.82) is 0 Å². The number of hydrogen-bond acceptors (Lipinski definition) is 2. The van der Waals surface area contributed by atoms with Gasteiger partial charge in [-0.05, 0) is 31.0 Å². The van der Waals surface area contributed by atoms with Crippen molar-refractivity contribution in [2.45, 2.75) is 32.3 Å². The van der Waals surface area contributed by atoms with E-state index in [1.54, 1.807) is 12.1 Å². The quantitative estimate of drug-likeness (QED) is 0.747. The average molecular weight is 180 g/mol. The van der Waals surface area contributed by atoms with E-state index >= 15 is 0 Å². The Morgan fingerprint density at radius 3 is 2.23 bits per heavy atom. The number of phenols is 1. The molecule has 72 valence electrons. The second-order valence-electron chi connectivity index (χ2n) is 3.69. The molecular weight excluding hydrogens is 164 g/mol. The molecule has 0 fully saturated rings. The lowest BCUT2D eigenvalue weighted by Gasteiger charge is -2.21. The molecule has 0 bridgehead atoms. The van der Waals surface area contributed by atoms with E-state index in [1.165, 1.54) is 0 Å². The van der Waals surface area contributed by atoms with Crippen molar-refractivity contribution in [2.24, 2.45) is 0 Å². The van der Waals surface area contributed by atoms with Crippen LogP contribution in [0.4, 0.5) is 0 Å². The van der Waals surface area contributed by atoms with Crippen molar-refractivity contribution in [3.63, 3.8) is 0 Å². The Labute approximate surface area is 78.8 Å². The average Bonchev–Trinajstić information content (AvgIpc) is 2.09. The predicted octanol–water partition coefficient (Wildman–Crippen LogP) is 2.10. The monoisotopic (exact) mass is 180 g/mol. The highest BCUT2D eigenvalue weighted by molar-refractivity contribution is 5.26. The standard InChI is InChI=1S/C11H16O2/c1-3-11(2,13)8-9-4-6-10(12)7-5-9/h4-7,12-13H,3,8H2,1-2H3. The van der Waals surface area contributed by atoms with Crippen LogP contribution in [0.1, 0.15) is 25.8 Å². The van der Waals surface area contributed by atoms with Crippen molar-refractivity contribution in [3.8, 4) is 5.75 Å². The Kier molecular flexibility index (Phi) is 2.94. The van der Waals surface area contributed by atoms with Crippen molar-refractivity contribution >= 4 is 0 Å². The summed E-state index contributed by atoms with van der Waals surface area (Å²) in [5.74, 6) is 0.264. The van der Waals surface area contributed by atoms with Crippen LogP contribution in [0, 0.1) is 0 Å². The summed E-state index contributed by atoms with van der Waals surface area (Å²) < 4.78 is 0. The largest absolute Gasteiger partial charge is 0.508 e.